The van der Waals surface area contributed by atoms with Gasteiger partial charge in [-0.2, -0.15) is 0 Å². The summed E-state index contributed by atoms with van der Waals surface area (Å²) < 4.78 is 4.51. The normalized spacial score (nSPS) is 16.2. The van der Waals surface area contributed by atoms with Crippen molar-refractivity contribution in [3.63, 3.8) is 0 Å². The Morgan fingerprint density at radius 2 is 1.21 bits per heavy atom. The molecule has 3 heteroatoms. The molecule has 2 aliphatic rings. The minimum atomic E-state index is -0.340. The van der Waals surface area contributed by atoms with Crippen LogP contribution in [0.15, 0.2) is 48.5 Å². The van der Waals surface area contributed by atoms with E-state index in [-0.39, 0.29) is 6.10 Å². The van der Waals surface area contributed by atoms with E-state index in [1.165, 1.54) is 22.3 Å². The molecule has 4 rings (SSSR count). The Morgan fingerprint density at radius 3 is 1.71 bits per heavy atom. The highest BCUT2D eigenvalue weighted by atomic mass is 16.3. The third-order valence-corrected chi connectivity index (χ3v) is 4.98. The lowest BCUT2D eigenvalue weighted by Gasteiger charge is -2.16. The third kappa shape index (κ3) is 3.31. The topological polar surface area (TPSA) is 26.2 Å². The number of fused-ring (bicyclic) bond motifs is 2. The molecule has 0 amide bonds. The number of hydrogen-bond acceptors (Lipinski definition) is 1. The van der Waals surface area contributed by atoms with Crippen molar-refractivity contribution in [2.45, 2.75) is 18.9 Å². The Labute approximate surface area is 143 Å². The number of hydrogen-bond donors (Lipinski definition) is 1. The van der Waals surface area contributed by atoms with E-state index in [9.17, 15) is 5.11 Å². The first-order valence-corrected chi connectivity index (χ1v) is 8.80. The molecule has 0 saturated carbocycles. The zero-order chi connectivity index (χ0) is 16.4. The molecule has 24 heavy (non-hydrogen) atoms. The highest BCUT2D eigenvalue weighted by Crippen LogP contribution is 2.13. The highest BCUT2D eigenvalue weighted by molar-refractivity contribution is 5.79. The lowest BCUT2D eigenvalue weighted by atomic mass is 10.0. The van der Waals surface area contributed by atoms with E-state index in [4.69, 9.17) is 0 Å². The molecule has 0 radical (unpaired) electrons. The van der Waals surface area contributed by atoms with Crippen molar-refractivity contribution in [3.8, 4) is 0 Å². The lowest BCUT2D eigenvalue weighted by molar-refractivity contribution is -0.566. The van der Waals surface area contributed by atoms with Crippen LogP contribution < -0.4 is 0 Å². The van der Waals surface area contributed by atoms with Gasteiger partial charge in [0.15, 0.2) is 31.6 Å². The van der Waals surface area contributed by atoms with Crippen LogP contribution in [0.3, 0.4) is 0 Å². The quantitative estimate of drug-likeness (QED) is 0.853. The van der Waals surface area contributed by atoms with Crippen molar-refractivity contribution in [2.24, 2.45) is 0 Å². The lowest BCUT2D eigenvalue weighted by Crippen LogP contribution is -2.37. The summed E-state index contributed by atoms with van der Waals surface area (Å²) in [6.07, 6.45) is 6.16. The van der Waals surface area contributed by atoms with Gasteiger partial charge in [-0.05, 0) is 23.3 Å². The van der Waals surface area contributed by atoms with E-state index in [0.717, 1.165) is 25.9 Å². The number of rotatable bonds is 4. The molecular weight excluding hydrogens is 296 g/mol. The van der Waals surface area contributed by atoms with Crippen LogP contribution in [0.2, 0.25) is 0 Å². The Bertz CT molecular complexity index is 739. The van der Waals surface area contributed by atoms with Gasteiger partial charge in [-0.1, -0.05) is 36.4 Å². The van der Waals surface area contributed by atoms with Gasteiger partial charge in [0.1, 0.15) is 13.1 Å². The fourth-order valence-electron chi connectivity index (χ4n) is 3.71. The second-order valence-electron chi connectivity index (χ2n) is 6.80. The number of nitrogens with zero attached hydrogens (tertiary/aromatic N) is 2. The molecule has 1 N–H and O–H groups in total. The predicted octanol–water partition coefficient (Wildman–Crippen LogP) is 1.72. The fourth-order valence-corrected chi connectivity index (χ4v) is 3.71. The molecule has 3 nitrogen and oxygen atoms in total. The van der Waals surface area contributed by atoms with Crippen LogP contribution in [-0.2, 0) is 12.8 Å². The molecule has 0 unspecified atom stereocenters. The van der Waals surface area contributed by atoms with E-state index in [2.05, 4.69) is 70.1 Å². The fraction of sp³-hybridized carbons (Fsp3) is 0.333. The van der Waals surface area contributed by atoms with E-state index < -0.39 is 0 Å². The van der Waals surface area contributed by atoms with Crippen LogP contribution in [0.5, 0.6) is 0 Å². The second kappa shape index (κ2) is 6.70. The van der Waals surface area contributed by atoms with Gasteiger partial charge in [-0.15, -0.1) is 0 Å². The van der Waals surface area contributed by atoms with Crippen molar-refractivity contribution < 1.29 is 14.3 Å². The van der Waals surface area contributed by atoms with Gasteiger partial charge < -0.3 is 5.11 Å². The maximum atomic E-state index is 10.5. The summed E-state index contributed by atoms with van der Waals surface area (Å²) in [6, 6.07) is 17.1. The van der Waals surface area contributed by atoms with E-state index >= 15 is 0 Å². The standard InChI is InChI=1S/C21H24N2O/c24-21(15-22-11-9-17-5-1-3-7-19(17)13-22)16-23-12-10-18-6-2-4-8-20(18)14-23/h1-8,13-14,21,24H,9-12,15-16H2/q+2. The summed E-state index contributed by atoms with van der Waals surface area (Å²) in [5.74, 6) is 0. The molecular formula is C21H24N2O+2. The Morgan fingerprint density at radius 1 is 0.750 bits per heavy atom. The maximum Gasteiger partial charge on any atom is 0.174 e. The number of aliphatic hydroxyl groups is 1. The van der Waals surface area contributed by atoms with Gasteiger partial charge in [0.25, 0.3) is 0 Å². The van der Waals surface area contributed by atoms with Crippen LogP contribution >= 0.6 is 0 Å². The first-order valence-electron chi connectivity index (χ1n) is 8.80. The molecule has 0 aliphatic carbocycles. The molecule has 2 aromatic rings. The number of β-amino-alcohol motifs (C(OH)–C–C–N with tert-alkyl or cyclic N) is 1. The molecule has 0 bridgehead atoms. The molecule has 122 valence electrons. The van der Waals surface area contributed by atoms with Crippen LogP contribution in [0.4, 0.5) is 0 Å². The number of benzene rings is 2. The zero-order valence-corrected chi connectivity index (χ0v) is 13.9. The third-order valence-electron chi connectivity index (χ3n) is 4.98. The van der Waals surface area contributed by atoms with Crippen molar-refractivity contribution >= 4 is 12.4 Å². The van der Waals surface area contributed by atoms with Crippen molar-refractivity contribution in [1.82, 2.24) is 0 Å². The van der Waals surface area contributed by atoms with Gasteiger partial charge >= 0.3 is 0 Å². The molecule has 2 aromatic carbocycles. The molecule has 2 aliphatic heterocycles. The van der Waals surface area contributed by atoms with E-state index in [1.54, 1.807) is 0 Å². The monoisotopic (exact) mass is 320 g/mol. The first-order chi connectivity index (χ1) is 11.8. The summed E-state index contributed by atoms with van der Waals surface area (Å²) in [5, 5.41) is 10.5. The maximum absolute atomic E-state index is 10.5. The van der Waals surface area contributed by atoms with Crippen LogP contribution in [0.1, 0.15) is 22.3 Å². The molecule has 0 atom stereocenters. The van der Waals surface area contributed by atoms with E-state index in [0.29, 0.717) is 13.1 Å². The Balaban J connectivity index is 1.42. The minimum Gasteiger partial charge on any atom is -0.381 e. The van der Waals surface area contributed by atoms with E-state index in [1.807, 2.05) is 0 Å². The highest BCUT2D eigenvalue weighted by Gasteiger charge is 2.23. The molecule has 0 aromatic heterocycles. The Kier molecular flexibility index (Phi) is 4.26. The average Bonchev–Trinajstić information content (AvgIpc) is 2.61. The molecule has 0 saturated heterocycles. The molecule has 2 heterocycles. The van der Waals surface area contributed by atoms with Crippen molar-refractivity contribution in [2.75, 3.05) is 26.2 Å². The summed E-state index contributed by atoms with van der Waals surface area (Å²) >= 11 is 0. The zero-order valence-electron chi connectivity index (χ0n) is 13.9. The summed E-state index contributed by atoms with van der Waals surface area (Å²) in [6.45, 7) is 3.36. The van der Waals surface area contributed by atoms with Crippen molar-refractivity contribution in [3.05, 3.63) is 70.8 Å². The SMILES string of the molecule is OC(C[N+]1=Cc2ccccc2CC1)C[N+]1=Cc2ccccc2CC1. The van der Waals surface area contributed by atoms with Gasteiger partial charge in [0.05, 0.1) is 0 Å². The molecule has 0 spiro atoms. The second-order valence-corrected chi connectivity index (χ2v) is 6.80. The van der Waals surface area contributed by atoms with Gasteiger partial charge in [0, 0.05) is 24.0 Å². The van der Waals surface area contributed by atoms with Gasteiger partial charge in [-0.25, -0.2) is 9.15 Å². The summed E-state index contributed by atoms with van der Waals surface area (Å²) in [7, 11) is 0. The van der Waals surface area contributed by atoms with Crippen LogP contribution in [0, 0.1) is 0 Å². The summed E-state index contributed by atoms with van der Waals surface area (Å²) in [5.41, 5.74) is 5.39. The molecule has 0 fully saturated rings. The van der Waals surface area contributed by atoms with Gasteiger partial charge in [0.2, 0.25) is 0 Å². The summed E-state index contributed by atoms with van der Waals surface area (Å²) in [4.78, 5) is 0. The first kappa shape index (κ1) is 15.3. The van der Waals surface area contributed by atoms with Crippen LogP contribution in [0.25, 0.3) is 0 Å². The minimum absolute atomic E-state index is 0.340. The van der Waals surface area contributed by atoms with Crippen LogP contribution in [-0.4, -0.2) is 59.0 Å². The van der Waals surface area contributed by atoms with Gasteiger partial charge in [-0.3, -0.25) is 0 Å². The largest absolute Gasteiger partial charge is 0.381 e. The van der Waals surface area contributed by atoms with Crippen molar-refractivity contribution in [1.29, 1.82) is 0 Å². The average molecular weight is 320 g/mol. The smallest absolute Gasteiger partial charge is 0.174 e. The Hall–Kier alpha value is -2.26. The number of aliphatic hydroxyl groups excluding tert-OH is 1. The predicted molar refractivity (Wildman–Crippen MR) is 96.6 cm³/mol.